The second kappa shape index (κ2) is 5.84. The quantitative estimate of drug-likeness (QED) is 0.628. The molecule has 0 amide bonds. The van der Waals surface area contributed by atoms with Gasteiger partial charge in [0, 0.05) is 11.1 Å². The van der Waals surface area contributed by atoms with E-state index in [9.17, 15) is 4.79 Å². The second-order valence-electron chi connectivity index (χ2n) is 3.26. The van der Waals surface area contributed by atoms with Gasteiger partial charge in [0.2, 0.25) is 0 Å². The normalized spacial score (nSPS) is 10.2. The first-order valence-electron chi connectivity index (χ1n) is 5.00. The number of ether oxygens (including phenoxy) is 1. The van der Waals surface area contributed by atoms with Crippen LogP contribution in [0, 0.1) is 0 Å². The Bertz CT molecular complexity index is 496. The lowest BCUT2D eigenvalue weighted by Gasteiger charge is -1.97. The van der Waals surface area contributed by atoms with Crippen molar-refractivity contribution in [3.05, 3.63) is 47.0 Å². The maximum atomic E-state index is 11.2. The summed E-state index contributed by atoms with van der Waals surface area (Å²) < 4.78 is 5.49. The lowest BCUT2D eigenvalue weighted by molar-refractivity contribution is 0.0594. The number of benzene rings is 1. The number of carbonyl (C=O) groups is 1. The summed E-state index contributed by atoms with van der Waals surface area (Å²) in [6.45, 7) is 0. The van der Waals surface area contributed by atoms with E-state index in [2.05, 4.69) is 21.9 Å². The summed E-state index contributed by atoms with van der Waals surface area (Å²) in [6, 6.07) is 10.2. The molecule has 0 unspecified atom stereocenters. The van der Waals surface area contributed by atoms with Crippen molar-refractivity contribution < 1.29 is 9.53 Å². The molecule has 0 atom stereocenters. The van der Waals surface area contributed by atoms with E-state index in [-0.39, 0.29) is 5.97 Å². The number of methoxy groups -OCH3 is 1. The maximum absolute atomic E-state index is 11.2. The third-order valence-corrected chi connectivity index (χ3v) is 4.17. The molecule has 0 saturated carbocycles. The van der Waals surface area contributed by atoms with Gasteiger partial charge in [0.25, 0.3) is 0 Å². The highest BCUT2D eigenvalue weighted by molar-refractivity contribution is 8.00. The summed E-state index contributed by atoms with van der Waals surface area (Å²) in [5, 5.41) is 1.72. The van der Waals surface area contributed by atoms with Crippen LogP contribution >= 0.6 is 23.1 Å². The summed E-state index contributed by atoms with van der Waals surface area (Å²) in [5.41, 5.74) is 1.63. The molecule has 0 N–H and O–H groups in total. The van der Waals surface area contributed by atoms with Crippen LogP contribution in [-0.2, 0) is 10.5 Å². The standard InChI is InChI=1S/C12H11NO2S2/c1-15-11(14)10-8-17-12(13-10)16-7-9-5-3-2-4-6-9/h2-6,8H,7H2,1H3. The summed E-state index contributed by atoms with van der Waals surface area (Å²) in [5.74, 6) is 0.474. The Morgan fingerprint density at radius 1 is 1.41 bits per heavy atom. The fraction of sp³-hybridized carbons (Fsp3) is 0.167. The minimum absolute atomic E-state index is 0.382. The molecule has 0 saturated heterocycles. The monoisotopic (exact) mass is 265 g/mol. The zero-order valence-corrected chi connectivity index (χ0v) is 10.9. The molecule has 0 radical (unpaired) electrons. The zero-order chi connectivity index (χ0) is 12.1. The molecule has 17 heavy (non-hydrogen) atoms. The Hall–Kier alpha value is -1.33. The SMILES string of the molecule is COC(=O)c1csc(SCc2ccccc2)n1. The fourth-order valence-electron chi connectivity index (χ4n) is 1.24. The van der Waals surface area contributed by atoms with E-state index in [1.807, 2.05) is 18.2 Å². The van der Waals surface area contributed by atoms with Crippen LogP contribution in [0.1, 0.15) is 16.1 Å². The molecule has 0 aliphatic carbocycles. The molecule has 88 valence electrons. The molecule has 0 aliphatic heterocycles. The van der Waals surface area contributed by atoms with E-state index < -0.39 is 0 Å². The molecule has 1 heterocycles. The van der Waals surface area contributed by atoms with Crippen molar-refractivity contribution in [2.24, 2.45) is 0 Å². The van der Waals surface area contributed by atoms with E-state index >= 15 is 0 Å². The van der Waals surface area contributed by atoms with Crippen molar-refractivity contribution in [1.82, 2.24) is 4.98 Å². The predicted molar refractivity (Wildman–Crippen MR) is 69.5 cm³/mol. The van der Waals surface area contributed by atoms with Gasteiger partial charge < -0.3 is 4.74 Å². The van der Waals surface area contributed by atoms with Gasteiger partial charge in [-0.25, -0.2) is 9.78 Å². The van der Waals surface area contributed by atoms with Gasteiger partial charge in [0.1, 0.15) is 0 Å². The lowest BCUT2D eigenvalue weighted by Crippen LogP contribution is -2.00. The molecule has 0 aliphatic rings. The average molecular weight is 265 g/mol. The molecule has 1 aromatic heterocycles. The maximum Gasteiger partial charge on any atom is 0.357 e. The Morgan fingerprint density at radius 2 is 2.18 bits per heavy atom. The number of hydrogen-bond donors (Lipinski definition) is 0. The van der Waals surface area contributed by atoms with Crippen molar-refractivity contribution in [2.45, 2.75) is 10.1 Å². The fourth-order valence-corrected chi connectivity index (χ4v) is 2.99. The molecule has 2 aromatic rings. The number of hydrogen-bond acceptors (Lipinski definition) is 5. The van der Waals surface area contributed by atoms with Gasteiger partial charge >= 0.3 is 5.97 Å². The molecule has 0 fully saturated rings. The van der Waals surface area contributed by atoms with Crippen LogP contribution in [0.15, 0.2) is 40.1 Å². The number of rotatable bonds is 4. The Balaban J connectivity index is 1.96. The average Bonchev–Trinajstić information content (AvgIpc) is 2.85. The minimum atomic E-state index is -0.382. The Labute approximate surface area is 108 Å². The number of carbonyl (C=O) groups excluding carboxylic acids is 1. The van der Waals surface area contributed by atoms with Crippen molar-refractivity contribution >= 4 is 29.1 Å². The van der Waals surface area contributed by atoms with Crippen molar-refractivity contribution in [3.8, 4) is 0 Å². The Morgan fingerprint density at radius 3 is 2.88 bits per heavy atom. The van der Waals surface area contributed by atoms with E-state index in [1.54, 1.807) is 17.1 Å². The lowest BCUT2D eigenvalue weighted by atomic mass is 10.2. The van der Waals surface area contributed by atoms with Crippen LogP contribution in [0.2, 0.25) is 0 Å². The summed E-state index contributed by atoms with van der Waals surface area (Å²) in [7, 11) is 1.36. The molecule has 0 bridgehead atoms. The van der Waals surface area contributed by atoms with E-state index in [0.29, 0.717) is 5.69 Å². The van der Waals surface area contributed by atoms with Crippen molar-refractivity contribution in [1.29, 1.82) is 0 Å². The van der Waals surface area contributed by atoms with E-state index in [0.717, 1.165) is 10.1 Å². The van der Waals surface area contributed by atoms with Crippen LogP contribution in [-0.4, -0.2) is 18.1 Å². The molecular formula is C12H11NO2S2. The molecule has 5 heteroatoms. The zero-order valence-electron chi connectivity index (χ0n) is 9.25. The highest BCUT2D eigenvalue weighted by atomic mass is 32.2. The molecule has 3 nitrogen and oxygen atoms in total. The molecule has 2 rings (SSSR count). The smallest absolute Gasteiger partial charge is 0.357 e. The number of thiazole rings is 1. The van der Waals surface area contributed by atoms with Gasteiger partial charge in [-0.05, 0) is 5.56 Å². The van der Waals surface area contributed by atoms with E-state index in [1.165, 1.54) is 24.0 Å². The topological polar surface area (TPSA) is 39.2 Å². The van der Waals surface area contributed by atoms with Gasteiger partial charge in [-0.2, -0.15) is 0 Å². The van der Waals surface area contributed by atoms with Gasteiger partial charge in [-0.15, -0.1) is 11.3 Å². The summed E-state index contributed by atoms with van der Waals surface area (Å²) >= 11 is 3.09. The van der Waals surface area contributed by atoms with Crippen LogP contribution in [0.25, 0.3) is 0 Å². The Kier molecular flexibility index (Phi) is 4.17. The number of nitrogens with zero attached hydrogens (tertiary/aromatic N) is 1. The van der Waals surface area contributed by atoms with Gasteiger partial charge in [0.05, 0.1) is 7.11 Å². The van der Waals surface area contributed by atoms with Crippen LogP contribution in [0.4, 0.5) is 0 Å². The minimum Gasteiger partial charge on any atom is -0.464 e. The van der Waals surface area contributed by atoms with E-state index in [4.69, 9.17) is 0 Å². The van der Waals surface area contributed by atoms with Gasteiger partial charge in [-0.1, -0.05) is 42.1 Å². The highest BCUT2D eigenvalue weighted by Gasteiger charge is 2.10. The van der Waals surface area contributed by atoms with Gasteiger partial charge in [0.15, 0.2) is 10.0 Å². The first-order chi connectivity index (χ1) is 8.29. The number of thioether (sulfide) groups is 1. The van der Waals surface area contributed by atoms with Crippen molar-refractivity contribution in [2.75, 3.05) is 7.11 Å². The van der Waals surface area contributed by atoms with Crippen molar-refractivity contribution in [3.63, 3.8) is 0 Å². The van der Waals surface area contributed by atoms with Gasteiger partial charge in [-0.3, -0.25) is 0 Å². The third-order valence-electron chi connectivity index (χ3n) is 2.08. The largest absolute Gasteiger partial charge is 0.464 e. The molecule has 0 spiro atoms. The summed E-state index contributed by atoms with van der Waals surface area (Å²) in [6.07, 6.45) is 0. The predicted octanol–water partition coefficient (Wildman–Crippen LogP) is 3.22. The summed E-state index contributed by atoms with van der Waals surface area (Å²) in [4.78, 5) is 15.4. The first kappa shape index (κ1) is 12.1. The highest BCUT2D eigenvalue weighted by Crippen LogP contribution is 2.26. The van der Waals surface area contributed by atoms with Crippen LogP contribution in [0.3, 0.4) is 0 Å². The number of aromatic nitrogens is 1. The molecular weight excluding hydrogens is 254 g/mol. The second-order valence-corrected chi connectivity index (χ2v) is 5.35. The molecule has 1 aromatic carbocycles. The van der Waals surface area contributed by atoms with Crippen LogP contribution < -0.4 is 0 Å². The van der Waals surface area contributed by atoms with Crippen LogP contribution in [0.5, 0.6) is 0 Å². The third kappa shape index (κ3) is 3.31. The number of esters is 1. The first-order valence-corrected chi connectivity index (χ1v) is 6.86.